The van der Waals surface area contributed by atoms with E-state index in [-0.39, 0.29) is 15.5 Å². The number of aromatic carboxylic acids is 1. The van der Waals surface area contributed by atoms with Gasteiger partial charge >= 0.3 is 5.97 Å². The number of hydrogen-bond donors (Lipinski definition) is 1. The zero-order valence-corrected chi connectivity index (χ0v) is 8.76. The molecule has 14 heavy (non-hydrogen) atoms. The third-order valence-electron chi connectivity index (χ3n) is 1.57. The summed E-state index contributed by atoms with van der Waals surface area (Å²) in [5.41, 5.74) is -0.267. The summed E-state index contributed by atoms with van der Waals surface area (Å²) >= 11 is 5.57. The molecule has 0 spiro atoms. The number of carboxylic acids is 1. The predicted molar refractivity (Wildman–Crippen MR) is 51.5 cm³/mol. The van der Waals surface area contributed by atoms with Gasteiger partial charge in [0.1, 0.15) is 0 Å². The summed E-state index contributed by atoms with van der Waals surface area (Å²) in [5.74, 6) is -1.29. The fourth-order valence-corrected chi connectivity index (χ4v) is 2.11. The molecule has 0 saturated carbocycles. The summed E-state index contributed by atoms with van der Waals surface area (Å²) in [6, 6.07) is 3.63. The van der Waals surface area contributed by atoms with Crippen LogP contribution in [-0.2, 0) is 9.84 Å². The van der Waals surface area contributed by atoms with E-state index in [1.807, 2.05) is 0 Å². The van der Waals surface area contributed by atoms with E-state index < -0.39 is 15.8 Å². The number of sulfone groups is 1. The molecule has 0 bridgehead atoms. The molecule has 0 fully saturated rings. The molecule has 6 heteroatoms. The molecule has 0 amide bonds. The fourth-order valence-electron chi connectivity index (χ4n) is 0.980. The van der Waals surface area contributed by atoms with Crippen molar-refractivity contribution in [1.29, 1.82) is 0 Å². The molecule has 0 aromatic heterocycles. The molecule has 0 atom stereocenters. The van der Waals surface area contributed by atoms with Crippen LogP contribution in [0.1, 0.15) is 10.4 Å². The van der Waals surface area contributed by atoms with Crippen molar-refractivity contribution in [2.45, 2.75) is 4.90 Å². The molecular formula is C8H7ClO4S. The van der Waals surface area contributed by atoms with Crippen molar-refractivity contribution in [3.05, 3.63) is 28.8 Å². The monoisotopic (exact) mass is 234 g/mol. The van der Waals surface area contributed by atoms with E-state index in [9.17, 15) is 13.2 Å². The van der Waals surface area contributed by atoms with Gasteiger partial charge in [0.25, 0.3) is 0 Å². The predicted octanol–water partition coefficient (Wildman–Crippen LogP) is 1.44. The second-order valence-corrected chi connectivity index (χ2v) is 5.14. The maximum Gasteiger partial charge on any atom is 0.337 e. The number of carboxylic acid groups (broad SMARTS) is 1. The minimum Gasteiger partial charge on any atom is -0.478 e. The zero-order chi connectivity index (χ0) is 10.9. The summed E-state index contributed by atoms with van der Waals surface area (Å²) in [6.07, 6.45) is 0.936. The van der Waals surface area contributed by atoms with Gasteiger partial charge in [-0.25, -0.2) is 13.2 Å². The fraction of sp³-hybridized carbons (Fsp3) is 0.125. The van der Waals surface area contributed by atoms with Crippen LogP contribution in [0.4, 0.5) is 0 Å². The maximum atomic E-state index is 11.2. The molecule has 1 aromatic rings. The first-order valence-electron chi connectivity index (χ1n) is 3.55. The quantitative estimate of drug-likeness (QED) is 0.841. The summed E-state index contributed by atoms with van der Waals surface area (Å²) in [6.45, 7) is 0. The molecule has 1 aromatic carbocycles. The Bertz CT molecular complexity index is 478. The van der Waals surface area contributed by atoms with Gasteiger partial charge in [-0.2, -0.15) is 0 Å². The lowest BCUT2D eigenvalue weighted by Crippen LogP contribution is -2.07. The Morgan fingerprint density at radius 1 is 1.43 bits per heavy atom. The molecule has 0 aliphatic carbocycles. The van der Waals surface area contributed by atoms with Crippen molar-refractivity contribution in [1.82, 2.24) is 0 Å². The van der Waals surface area contributed by atoms with Gasteiger partial charge in [0.2, 0.25) is 0 Å². The van der Waals surface area contributed by atoms with Gasteiger partial charge < -0.3 is 5.11 Å². The van der Waals surface area contributed by atoms with E-state index in [2.05, 4.69) is 0 Å². The van der Waals surface area contributed by atoms with E-state index in [1.165, 1.54) is 12.1 Å². The van der Waals surface area contributed by atoms with Gasteiger partial charge in [0.05, 0.1) is 10.5 Å². The number of hydrogen-bond acceptors (Lipinski definition) is 3. The molecule has 0 heterocycles. The van der Waals surface area contributed by atoms with E-state index in [0.717, 1.165) is 12.3 Å². The van der Waals surface area contributed by atoms with Crippen LogP contribution in [0.2, 0.25) is 5.02 Å². The summed E-state index contributed by atoms with van der Waals surface area (Å²) in [7, 11) is -3.57. The smallest absolute Gasteiger partial charge is 0.337 e. The molecule has 76 valence electrons. The SMILES string of the molecule is CS(=O)(=O)c1cc(Cl)ccc1C(=O)O. The minimum absolute atomic E-state index is 0.190. The lowest BCUT2D eigenvalue weighted by atomic mass is 10.2. The Hall–Kier alpha value is -1.07. The molecule has 0 unspecified atom stereocenters. The van der Waals surface area contributed by atoms with Gasteiger partial charge in [-0.05, 0) is 18.2 Å². The average Bonchev–Trinajstić information content (AvgIpc) is 2.01. The Kier molecular flexibility index (Phi) is 2.82. The number of benzene rings is 1. The summed E-state index contributed by atoms with van der Waals surface area (Å²) in [5, 5.41) is 8.90. The summed E-state index contributed by atoms with van der Waals surface area (Å²) < 4.78 is 22.4. The third kappa shape index (κ3) is 2.24. The molecule has 0 saturated heterocycles. The first-order chi connectivity index (χ1) is 6.32. The van der Waals surface area contributed by atoms with Crippen LogP contribution in [0.5, 0.6) is 0 Å². The van der Waals surface area contributed by atoms with Crippen molar-refractivity contribution in [3.63, 3.8) is 0 Å². The third-order valence-corrected chi connectivity index (χ3v) is 2.95. The van der Waals surface area contributed by atoms with Crippen LogP contribution in [0.25, 0.3) is 0 Å². The highest BCUT2D eigenvalue weighted by molar-refractivity contribution is 7.90. The first-order valence-corrected chi connectivity index (χ1v) is 5.82. The molecule has 0 aliphatic heterocycles. The van der Waals surface area contributed by atoms with Crippen LogP contribution in [-0.4, -0.2) is 25.7 Å². The lowest BCUT2D eigenvalue weighted by molar-refractivity contribution is 0.0692. The van der Waals surface area contributed by atoms with Gasteiger partial charge in [-0.1, -0.05) is 11.6 Å². The largest absolute Gasteiger partial charge is 0.478 e. The van der Waals surface area contributed by atoms with Gasteiger partial charge in [0, 0.05) is 11.3 Å². The Balaban J connectivity index is 3.54. The highest BCUT2D eigenvalue weighted by Crippen LogP contribution is 2.20. The van der Waals surface area contributed by atoms with Crippen LogP contribution in [0.3, 0.4) is 0 Å². The average molecular weight is 235 g/mol. The number of rotatable bonds is 2. The Labute approximate surface area is 86.0 Å². The second kappa shape index (κ2) is 3.59. The van der Waals surface area contributed by atoms with Crippen molar-refractivity contribution in [3.8, 4) is 0 Å². The zero-order valence-electron chi connectivity index (χ0n) is 7.19. The van der Waals surface area contributed by atoms with Crippen molar-refractivity contribution in [2.24, 2.45) is 0 Å². The van der Waals surface area contributed by atoms with Gasteiger partial charge in [-0.15, -0.1) is 0 Å². The van der Waals surface area contributed by atoms with Crippen molar-refractivity contribution >= 4 is 27.4 Å². The van der Waals surface area contributed by atoms with E-state index in [0.29, 0.717) is 0 Å². The standard InChI is InChI=1S/C8H7ClO4S/c1-14(12,13)7-4-5(9)2-3-6(7)8(10)11/h2-4H,1H3,(H,10,11). The van der Waals surface area contributed by atoms with E-state index in [4.69, 9.17) is 16.7 Å². The summed E-state index contributed by atoms with van der Waals surface area (Å²) in [4.78, 5) is 10.4. The maximum absolute atomic E-state index is 11.2. The van der Waals surface area contributed by atoms with Gasteiger partial charge in [0.15, 0.2) is 9.84 Å². The van der Waals surface area contributed by atoms with Crippen LogP contribution in [0, 0.1) is 0 Å². The molecule has 4 nitrogen and oxygen atoms in total. The van der Waals surface area contributed by atoms with E-state index in [1.54, 1.807) is 0 Å². The van der Waals surface area contributed by atoms with Crippen LogP contribution >= 0.6 is 11.6 Å². The van der Waals surface area contributed by atoms with Crippen LogP contribution in [0.15, 0.2) is 23.1 Å². The molecule has 1 N–H and O–H groups in total. The Morgan fingerprint density at radius 3 is 2.43 bits per heavy atom. The lowest BCUT2D eigenvalue weighted by Gasteiger charge is -2.03. The van der Waals surface area contributed by atoms with E-state index >= 15 is 0 Å². The second-order valence-electron chi connectivity index (χ2n) is 2.72. The molecular weight excluding hydrogens is 228 g/mol. The molecule has 0 radical (unpaired) electrons. The van der Waals surface area contributed by atoms with Gasteiger partial charge in [-0.3, -0.25) is 0 Å². The van der Waals surface area contributed by atoms with Crippen LogP contribution < -0.4 is 0 Å². The first kappa shape index (κ1) is 11.0. The Morgan fingerprint density at radius 2 is 2.00 bits per heavy atom. The molecule has 0 aliphatic rings. The van der Waals surface area contributed by atoms with Crippen molar-refractivity contribution < 1.29 is 18.3 Å². The normalized spacial score (nSPS) is 11.3. The highest BCUT2D eigenvalue weighted by Gasteiger charge is 2.18. The van der Waals surface area contributed by atoms with Crippen molar-refractivity contribution in [2.75, 3.05) is 6.26 Å². The minimum atomic E-state index is -3.57. The topological polar surface area (TPSA) is 71.4 Å². The number of carbonyl (C=O) groups is 1. The molecule has 1 rings (SSSR count). The number of halogens is 1. The highest BCUT2D eigenvalue weighted by atomic mass is 35.5.